The maximum absolute atomic E-state index is 12.3. The predicted octanol–water partition coefficient (Wildman–Crippen LogP) is 0.996. The summed E-state index contributed by atoms with van der Waals surface area (Å²) < 4.78 is 6.34. The summed E-state index contributed by atoms with van der Waals surface area (Å²) in [6.45, 7) is 3.22. The Hall–Kier alpha value is -2.31. The van der Waals surface area contributed by atoms with Crippen LogP contribution >= 0.6 is 0 Å². The molecule has 2 unspecified atom stereocenters. The number of hydrogen-bond donors (Lipinski definition) is 1. The number of carbonyl (C=O) groups is 1. The average Bonchev–Trinajstić information content (AvgIpc) is 2.68. The summed E-state index contributed by atoms with van der Waals surface area (Å²) in [7, 11) is 0. The standard InChI is InChI=1S/C18H20N4O2/c23-12-18(22-9-7-19-8-10-22)15(16-5-6-20-13-21-16)11-14-3-1-2-4-17(14)24-18/h1-6,12-13,15,19H,7-11H2. The Bertz CT molecular complexity index is 718. The highest BCUT2D eigenvalue weighted by molar-refractivity contribution is 5.67. The van der Waals surface area contributed by atoms with Gasteiger partial charge in [-0.25, -0.2) is 9.97 Å². The van der Waals surface area contributed by atoms with Crippen LogP contribution in [-0.4, -0.2) is 53.1 Å². The lowest BCUT2D eigenvalue weighted by Crippen LogP contribution is -2.64. The maximum Gasteiger partial charge on any atom is 0.228 e. The molecule has 2 aromatic rings. The molecule has 6 heteroatoms. The average molecular weight is 324 g/mol. The van der Waals surface area contributed by atoms with E-state index in [4.69, 9.17) is 4.74 Å². The van der Waals surface area contributed by atoms with Gasteiger partial charge in [0.25, 0.3) is 0 Å². The van der Waals surface area contributed by atoms with Crippen molar-refractivity contribution in [2.45, 2.75) is 18.1 Å². The molecule has 0 aliphatic carbocycles. The van der Waals surface area contributed by atoms with E-state index in [1.807, 2.05) is 24.3 Å². The summed E-state index contributed by atoms with van der Waals surface area (Å²) in [6.07, 6.45) is 4.93. The monoisotopic (exact) mass is 324 g/mol. The zero-order chi connectivity index (χ0) is 16.4. The molecule has 0 saturated carbocycles. The molecule has 1 N–H and O–H groups in total. The highest BCUT2D eigenvalue weighted by atomic mass is 16.5. The van der Waals surface area contributed by atoms with Gasteiger partial charge in [0.1, 0.15) is 12.1 Å². The minimum Gasteiger partial charge on any atom is -0.464 e. The molecule has 3 heterocycles. The second kappa shape index (κ2) is 6.30. The zero-order valence-electron chi connectivity index (χ0n) is 13.4. The van der Waals surface area contributed by atoms with Gasteiger partial charge in [-0.2, -0.15) is 0 Å². The van der Waals surface area contributed by atoms with Crippen LogP contribution in [-0.2, 0) is 11.2 Å². The summed E-state index contributed by atoms with van der Waals surface area (Å²) in [4.78, 5) is 22.9. The van der Waals surface area contributed by atoms with Crippen LogP contribution in [0.4, 0.5) is 0 Å². The largest absolute Gasteiger partial charge is 0.464 e. The van der Waals surface area contributed by atoms with E-state index in [1.54, 1.807) is 6.20 Å². The number of carbonyl (C=O) groups excluding carboxylic acids is 1. The normalized spacial score (nSPS) is 27.1. The van der Waals surface area contributed by atoms with Crippen molar-refractivity contribution in [3.8, 4) is 5.75 Å². The summed E-state index contributed by atoms with van der Waals surface area (Å²) in [5, 5.41) is 3.33. The topological polar surface area (TPSA) is 67.4 Å². The minimum absolute atomic E-state index is 0.161. The van der Waals surface area contributed by atoms with Crippen molar-refractivity contribution >= 4 is 6.29 Å². The van der Waals surface area contributed by atoms with Gasteiger partial charge in [0.2, 0.25) is 5.72 Å². The van der Waals surface area contributed by atoms with E-state index in [2.05, 4.69) is 26.3 Å². The molecule has 24 heavy (non-hydrogen) atoms. The van der Waals surface area contributed by atoms with Crippen LogP contribution in [0.15, 0.2) is 42.9 Å². The Kier molecular flexibility index (Phi) is 4.00. The number of nitrogens with zero attached hydrogens (tertiary/aromatic N) is 3. The number of aromatic nitrogens is 2. The first-order chi connectivity index (χ1) is 11.8. The summed E-state index contributed by atoms with van der Waals surface area (Å²) in [5.74, 6) is 0.624. The molecule has 1 aromatic carbocycles. The van der Waals surface area contributed by atoms with Crippen LogP contribution in [0.3, 0.4) is 0 Å². The van der Waals surface area contributed by atoms with E-state index < -0.39 is 5.72 Å². The molecular formula is C18H20N4O2. The number of fused-ring (bicyclic) bond motifs is 1. The third kappa shape index (κ3) is 2.48. The van der Waals surface area contributed by atoms with E-state index in [1.165, 1.54) is 6.33 Å². The van der Waals surface area contributed by atoms with E-state index in [-0.39, 0.29) is 5.92 Å². The molecule has 6 nitrogen and oxygen atoms in total. The fourth-order valence-corrected chi connectivity index (χ4v) is 3.69. The SMILES string of the molecule is O=CC1(N2CCNCC2)Oc2ccccc2CC1c1ccncn1. The van der Waals surface area contributed by atoms with Crippen LogP contribution < -0.4 is 10.1 Å². The van der Waals surface area contributed by atoms with Crippen molar-refractivity contribution in [1.82, 2.24) is 20.2 Å². The molecule has 2 atom stereocenters. The van der Waals surface area contributed by atoms with Crippen LogP contribution in [0.2, 0.25) is 0 Å². The maximum atomic E-state index is 12.3. The van der Waals surface area contributed by atoms with Crippen molar-refractivity contribution in [2.24, 2.45) is 0 Å². The van der Waals surface area contributed by atoms with E-state index in [0.29, 0.717) is 0 Å². The number of para-hydroxylation sites is 1. The summed E-state index contributed by atoms with van der Waals surface area (Å²) in [6, 6.07) is 9.81. The fraction of sp³-hybridized carbons (Fsp3) is 0.389. The van der Waals surface area contributed by atoms with Gasteiger partial charge in [-0.15, -0.1) is 0 Å². The van der Waals surface area contributed by atoms with Crippen molar-refractivity contribution in [3.05, 3.63) is 54.1 Å². The minimum atomic E-state index is -1.02. The number of benzene rings is 1. The van der Waals surface area contributed by atoms with Gasteiger partial charge in [0.05, 0.1) is 11.6 Å². The van der Waals surface area contributed by atoms with Crippen LogP contribution in [0, 0.1) is 0 Å². The molecule has 1 saturated heterocycles. The molecule has 0 spiro atoms. The van der Waals surface area contributed by atoms with Gasteiger partial charge in [0, 0.05) is 32.4 Å². The lowest BCUT2D eigenvalue weighted by atomic mass is 9.82. The first-order valence-electron chi connectivity index (χ1n) is 8.28. The summed E-state index contributed by atoms with van der Waals surface area (Å²) >= 11 is 0. The van der Waals surface area contributed by atoms with Crippen molar-refractivity contribution in [3.63, 3.8) is 0 Å². The first-order valence-corrected chi connectivity index (χ1v) is 8.28. The Morgan fingerprint density at radius 3 is 2.83 bits per heavy atom. The highest BCUT2D eigenvalue weighted by Gasteiger charge is 2.51. The van der Waals surface area contributed by atoms with Crippen molar-refractivity contribution < 1.29 is 9.53 Å². The van der Waals surface area contributed by atoms with Gasteiger partial charge in [-0.3, -0.25) is 9.69 Å². The Balaban J connectivity index is 1.82. The number of rotatable bonds is 3. The third-order valence-electron chi connectivity index (χ3n) is 4.91. The quantitative estimate of drug-likeness (QED) is 0.850. The Labute approximate surface area is 140 Å². The van der Waals surface area contributed by atoms with Gasteiger partial charge >= 0.3 is 0 Å². The lowest BCUT2D eigenvalue weighted by molar-refractivity contribution is -0.151. The number of hydrogen-bond acceptors (Lipinski definition) is 6. The van der Waals surface area contributed by atoms with Gasteiger partial charge < -0.3 is 10.1 Å². The molecule has 0 amide bonds. The van der Waals surface area contributed by atoms with Crippen LogP contribution in [0.25, 0.3) is 0 Å². The van der Waals surface area contributed by atoms with Gasteiger partial charge in [0.15, 0.2) is 6.29 Å². The molecule has 0 bridgehead atoms. The Morgan fingerprint density at radius 1 is 1.25 bits per heavy atom. The molecule has 2 aliphatic heterocycles. The van der Waals surface area contributed by atoms with E-state index in [9.17, 15) is 4.79 Å². The molecule has 1 fully saturated rings. The van der Waals surface area contributed by atoms with E-state index in [0.717, 1.165) is 55.9 Å². The second-order valence-electron chi connectivity index (χ2n) is 6.21. The van der Waals surface area contributed by atoms with Crippen molar-refractivity contribution in [1.29, 1.82) is 0 Å². The zero-order valence-corrected chi connectivity index (χ0v) is 13.4. The lowest BCUT2D eigenvalue weighted by Gasteiger charge is -2.48. The summed E-state index contributed by atoms with van der Waals surface area (Å²) in [5.41, 5.74) is 0.920. The Morgan fingerprint density at radius 2 is 2.08 bits per heavy atom. The molecular weight excluding hydrogens is 304 g/mol. The predicted molar refractivity (Wildman–Crippen MR) is 88.8 cm³/mol. The third-order valence-corrected chi connectivity index (χ3v) is 4.91. The van der Waals surface area contributed by atoms with Crippen LogP contribution in [0.5, 0.6) is 5.75 Å². The number of nitrogens with one attached hydrogen (secondary N) is 1. The van der Waals surface area contributed by atoms with Crippen molar-refractivity contribution in [2.75, 3.05) is 26.2 Å². The van der Waals surface area contributed by atoms with E-state index >= 15 is 0 Å². The molecule has 1 aromatic heterocycles. The molecule has 2 aliphatic rings. The number of ether oxygens (including phenoxy) is 1. The highest BCUT2D eigenvalue weighted by Crippen LogP contribution is 2.42. The molecule has 4 rings (SSSR count). The number of piperazine rings is 1. The van der Waals surface area contributed by atoms with Crippen LogP contribution in [0.1, 0.15) is 17.2 Å². The molecule has 0 radical (unpaired) electrons. The smallest absolute Gasteiger partial charge is 0.228 e. The first kappa shape index (κ1) is 15.2. The van der Waals surface area contributed by atoms with Gasteiger partial charge in [-0.05, 0) is 24.1 Å². The second-order valence-corrected chi connectivity index (χ2v) is 6.21. The molecule has 124 valence electrons. The van der Waals surface area contributed by atoms with Gasteiger partial charge in [-0.1, -0.05) is 18.2 Å². The number of aldehydes is 1. The fourth-order valence-electron chi connectivity index (χ4n) is 3.69.